The number of fused-ring (bicyclic) bond motifs is 3. The van der Waals surface area contributed by atoms with Gasteiger partial charge in [-0.3, -0.25) is 0 Å². The zero-order chi connectivity index (χ0) is 19.3. The third-order valence-corrected chi connectivity index (χ3v) is 7.19. The van der Waals surface area contributed by atoms with Gasteiger partial charge in [-0.1, -0.05) is 109 Å². The Morgan fingerprint density at radius 2 is 1.07 bits per heavy atom. The minimum absolute atomic E-state index is 0.180. The number of hydrogen-bond acceptors (Lipinski definition) is 0. The first-order chi connectivity index (χ1) is 13.1. The van der Waals surface area contributed by atoms with Crippen LogP contribution in [0.5, 0.6) is 0 Å². The van der Waals surface area contributed by atoms with Crippen molar-refractivity contribution in [3.63, 3.8) is 0 Å². The lowest BCUT2D eigenvalue weighted by Gasteiger charge is -2.33. The molecule has 0 saturated heterocycles. The van der Waals surface area contributed by atoms with Gasteiger partial charge >= 0.3 is 0 Å². The van der Waals surface area contributed by atoms with E-state index in [0.717, 1.165) is 0 Å². The Labute approximate surface area is 182 Å². The van der Waals surface area contributed by atoms with E-state index in [1.165, 1.54) is 84.3 Å². The van der Waals surface area contributed by atoms with Gasteiger partial charge in [0.05, 0.1) is 0 Å². The topological polar surface area (TPSA) is 0 Å². The van der Waals surface area contributed by atoms with Gasteiger partial charge in [0.1, 0.15) is 0 Å². The third kappa shape index (κ3) is 4.53. The van der Waals surface area contributed by atoms with E-state index < -0.39 is 0 Å². The quantitative estimate of drug-likeness (QED) is 0.290. The fourth-order valence-electron chi connectivity index (χ4n) is 4.81. The summed E-state index contributed by atoms with van der Waals surface area (Å²) in [6.07, 6.45) is 13.2. The standard InChI is InChI=1S/C25H32Br2/c1-3-5-7-9-15-25(16-10-8-6-4-2)23-17-19(26)11-13-21(23)22-14-12-20(27)18-24(22)25/h11-14,17-18H,3-10,15-16H2,1-2H3. The molecular formula is C25H32Br2. The minimum Gasteiger partial charge on any atom is -0.0654 e. The SMILES string of the molecule is CCCCCCC1(CCCCCC)c2cc(Br)ccc2-c2ccc(Br)cc21. The van der Waals surface area contributed by atoms with Crippen LogP contribution in [0, 0.1) is 0 Å². The van der Waals surface area contributed by atoms with Crippen LogP contribution in [0.15, 0.2) is 45.3 Å². The molecule has 27 heavy (non-hydrogen) atoms. The molecular weight excluding hydrogens is 460 g/mol. The summed E-state index contributed by atoms with van der Waals surface area (Å²) in [6, 6.07) is 13.9. The van der Waals surface area contributed by atoms with Crippen LogP contribution in [0.4, 0.5) is 0 Å². The molecule has 3 rings (SSSR count). The summed E-state index contributed by atoms with van der Waals surface area (Å²) in [5.74, 6) is 0. The lowest BCUT2D eigenvalue weighted by molar-refractivity contribution is 0.400. The van der Waals surface area contributed by atoms with E-state index in [1.807, 2.05) is 0 Å². The van der Waals surface area contributed by atoms with E-state index in [1.54, 1.807) is 11.1 Å². The third-order valence-electron chi connectivity index (χ3n) is 6.20. The van der Waals surface area contributed by atoms with Gasteiger partial charge in [-0.05, 0) is 59.4 Å². The van der Waals surface area contributed by atoms with Crippen LogP contribution in [0.1, 0.15) is 89.2 Å². The Morgan fingerprint density at radius 3 is 1.48 bits per heavy atom. The highest BCUT2D eigenvalue weighted by Crippen LogP contribution is 2.55. The highest BCUT2D eigenvalue weighted by atomic mass is 79.9. The molecule has 0 amide bonds. The molecule has 0 unspecified atom stereocenters. The number of unbranched alkanes of at least 4 members (excludes halogenated alkanes) is 6. The van der Waals surface area contributed by atoms with Crippen molar-refractivity contribution in [2.24, 2.45) is 0 Å². The molecule has 1 aliphatic rings. The van der Waals surface area contributed by atoms with Gasteiger partial charge in [0, 0.05) is 14.4 Å². The van der Waals surface area contributed by atoms with Crippen molar-refractivity contribution < 1.29 is 0 Å². The van der Waals surface area contributed by atoms with Crippen molar-refractivity contribution in [1.29, 1.82) is 0 Å². The molecule has 0 aromatic heterocycles. The van der Waals surface area contributed by atoms with E-state index >= 15 is 0 Å². The monoisotopic (exact) mass is 490 g/mol. The predicted molar refractivity (Wildman–Crippen MR) is 126 cm³/mol. The maximum Gasteiger partial charge on any atom is 0.0216 e. The second kappa shape index (κ2) is 9.74. The number of benzene rings is 2. The number of halogens is 2. The van der Waals surface area contributed by atoms with Crippen LogP contribution in [-0.4, -0.2) is 0 Å². The summed E-state index contributed by atoms with van der Waals surface area (Å²) in [5.41, 5.74) is 6.19. The summed E-state index contributed by atoms with van der Waals surface area (Å²) >= 11 is 7.51. The average molecular weight is 492 g/mol. The molecule has 0 radical (unpaired) electrons. The molecule has 2 heteroatoms. The van der Waals surface area contributed by atoms with Gasteiger partial charge in [-0.25, -0.2) is 0 Å². The maximum atomic E-state index is 3.75. The van der Waals surface area contributed by atoms with Crippen LogP contribution in [0.2, 0.25) is 0 Å². The smallest absolute Gasteiger partial charge is 0.0216 e. The van der Waals surface area contributed by atoms with E-state index in [4.69, 9.17) is 0 Å². The number of rotatable bonds is 10. The van der Waals surface area contributed by atoms with Crippen molar-refractivity contribution in [1.82, 2.24) is 0 Å². The van der Waals surface area contributed by atoms with Crippen molar-refractivity contribution in [2.45, 2.75) is 83.5 Å². The van der Waals surface area contributed by atoms with Crippen LogP contribution in [-0.2, 0) is 5.41 Å². The Bertz CT molecular complexity index is 697. The van der Waals surface area contributed by atoms with Crippen LogP contribution in [0.3, 0.4) is 0 Å². The van der Waals surface area contributed by atoms with Gasteiger partial charge in [-0.2, -0.15) is 0 Å². The molecule has 2 aromatic carbocycles. The van der Waals surface area contributed by atoms with Crippen molar-refractivity contribution in [2.75, 3.05) is 0 Å². The second-order valence-corrected chi connectivity index (χ2v) is 9.91. The van der Waals surface area contributed by atoms with Crippen molar-refractivity contribution in [3.05, 3.63) is 56.5 Å². The molecule has 0 atom stereocenters. The highest BCUT2D eigenvalue weighted by molar-refractivity contribution is 9.10. The Morgan fingerprint density at radius 1 is 0.630 bits per heavy atom. The summed E-state index contributed by atoms with van der Waals surface area (Å²) in [7, 11) is 0. The summed E-state index contributed by atoms with van der Waals surface area (Å²) in [4.78, 5) is 0. The van der Waals surface area contributed by atoms with E-state index in [2.05, 4.69) is 82.1 Å². The lowest BCUT2D eigenvalue weighted by Crippen LogP contribution is -2.25. The summed E-state index contributed by atoms with van der Waals surface area (Å²) < 4.78 is 2.42. The van der Waals surface area contributed by atoms with Gasteiger partial charge in [0.25, 0.3) is 0 Å². The highest BCUT2D eigenvalue weighted by Gasteiger charge is 2.42. The van der Waals surface area contributed by atoms with Gasteiger partial charge in [0.15, 0.2) is 0 Å². The molecule has 0 N–H and O–H groups in total. The molecule has 1 aliphatic carbocycles. The molecule has 0 fully saturated rings. The molecule has 146 valence electrons. The van der Waals surface area contributed by atoms with Gasteiger partial charge < -0.3 is 0 Å². The fraction of sp³-hybridized carbons (Fsp3) is 0.520. The Hall–Kier alpha value is -0.600. The number of hydrogen-bond donors (Lipinski definition) is 0. The molecule has 0 bridgehead atoms. The normalized spacial score (nSPS) is 14.2. The zero-order valence-electron chi connectivity index (χ0n) is 16.8. The first kappa shape index (κ1) is 21.1. The molecule has 0 nitrogen and oxygen atoms in total. The van der Waals surface area contributed by atoms with Gasteiger partial charge in [-0.15, -0.1) is 0 Å². The second-order valence-electron chi connectivity index (χ2n) is 8.08. The van der Waals surface area contributed by atoms with E-state index in [-0.39, 0.29) is 5.41 Å². The summed E-state index contributed by atoms with van der Waals surface area (Å²) in [6.45, 7) is 4.60. The Balaban J connectivity index is 2.03. The van der Waals surface area contributed by atoms with Crippen molar-refractivity contribution >= 4 is 31.9 Å². The molecule has 0 spiro atoms. The Kier molecular flexibility index (Phi) is 7.62. The molecule has 0 heterocycles. The molecule has 0 saturated carbocycles. The summed E-state index contributed by atoms with van der Waals surface area (Å²) in [5, 5.41) is 0. The average Bonchev–Trinajstić information content (AvgIpc) is 2.92. The van der Waals surface area contributed by atoms with Crippen LogP contribution >= 0.6 is 31.9 Å². The minimum atomic E-state index is 0.180. The van der Waals surface area contributed by atoms with Crippen LogP contribution < -0.4 is 0 Å². The fourth-order valence-corrected chi connectivity index (χ4v) is 5.53. The predicted octanol–water partition coefficient (Wildman–Crippen LogP) is 9.42. The van der Waals surface area contributed by atoms with Crippen molar-refractivity contribution in [3.8, 4) is 11.1 Å². The first-order valence-electron chi connectivity index (χ1n) is 10.7. The zero-order valence-corrected chi connectivity index (χ0v) is 20.0. The molecule has 0 aliphatic heterocycles. The lowest BCUT2D eigenvalue weighted by atomic mass is 9.70. The van der Waals surface area contributed by atoms with Crippen LogP contribution in [0.25, 0.3) is 11.1 Å². The first-order valence-corrected chi connectivity index (χ1v) is 12.3. The van der Waals surface area contributed by atoms with E-state index in [0.29, 0.717) is 0 Å². The van der Waals surface area contributed by atoms with E-state index in [9.17, 15) is 0 Å². The largest absolute Gasteiger partial charge is 0.0654 e. The maximum absolute atomic E-state index is 3.75. The van der Waals surface area contributed by atoms with Gasteiger partial charge in [0.2, 0.25) is 0 Å². The molecule has 2 aromatic rings.